The summed E-state index contributed by atoms with van der Waals surface area (Å²) in [6.45, 7) is 6.63. The van der Waals surface area contributed by atoms with Gasteiger partial charge in [-0.1, -0.05) is 25.4 Å². The average Bonchev–Trinajstić information content (AvgIpc) is 2.38. The first-order valence-corrected chi connectivity index (χ1v) is 6.87. The van der Waals surface area contributed by atoms with Gasteiger partial charge in [0.1, 0.15) is 0 Å². The van der Waals surface area contributed by atoms with Crippen molar-refractivity contribution in [3.8, 4) is 0 Å². The SMILES string of the molecule is CCOC(CC)(CC)C(O)Cc1ccncc1Cl. The molecule has 1 aromatic heterocycles. The molecular formula is C14H22ClNO2. The van der Waals surface area contributed by atoms with Crippen LogP contribution >= 0.6 is 11.6 Å². The van der Waals surface area contributed by atoms with Crippen molar-refractivity contribution < 1.29 is 9.84 Å². The minimum absolute atomic E-state index is 0.485. The molecule has 0 aromatic carbocycles. The van der Waals surface area contributed by atoms with Crippen LogP contribution < -0.4 is 0 Å². The van der Waals surface area contributed by atoms with Crippen molar-refractivity contribution in [3.63, 3.8) is 0 Å². The van der Waals surface area contributed by atoms with E-state index in [1.54, 1.807) is 12.4 Å². The van der Waals surface area contributed by atoms with E-state index in [2.05, 4.69) is 4.98 Å². The lowest BCUT2D eigenvalue weighted by molar-refractivity contribution is -0.124. The third-order valence-electron chi connectivity index (χ3n) is 3.51. The first kappa shape index (κ1) is 15.4. The van der Waals surface area contributed by atoms with Gasteiger partial charge in [0.05, 0.1) is 16.7 Å². The molecule has 3 nitrogen and oxygen atoms in total. The second-order valence-corrected chi connectivity index (χ2v) is 4.80. The van der Waals surface area contributed by atoms with E-state index in [1.165, 1.54) is 0 Å². The summed E-state index contributed by atoms with van der Waals surface area (Å²) in [6.07, 6.45) is 4.77. The summed E-state index contributed by atoms with van der Waals surface area (Å²) in [4.78, 5) is 3.95. The van der Waals surface area contributed by atoms with E-state index in [9.17, 15) is 5.11 Å². The summed E-state index contributed by atoms with van der Waals surface area (Å²) >= 11 is 6.07. The van der Waals surface area contributed by atoms with Gasteiger partial charge in [-0.2, -0.15) is 0 Å². The molecule has 0 saturated carbocycles. The molecule has 0 bridgehead atoms. The Morgan fingerprint density at radius 2 is 2.06 bits per heavy atom. The maximum atomic E-state index is 10.5. The smallest absolute Gasteiger partial charge is 0.0938 e. The minimum atomic E-state index is -0.563. The molecule has 0 aliphatic heterocycles. The first-order chi connectivity index (χ1) is 8.59. The molecule has 1 rings (SSSR count). The normalized spacial score (nSPS) is 13.6. The van der Waals surface area contributed by atoms with Gasteiger partial charge in [0.2, 0.25) is 0 Å². The Morgan fingerprint density at radius 1 is 1.39 bits per heavy atom. The quantitative estimate of drug-likeness (QED) is 0.828. The average molecular weight is 272 g/mol. The van der Waals surface area contributed by atoms with Crippen molar-refractivity contribution in [3.05, 3.63) is 29.0 Å². The van der Waals surface area contributed by atoms with Crippen molar-refractivity contribution in [2.45, 2.75) is 51.7 Å². The Labute approximate surface area is 114 Å². The molecule has 0 spiro atoms. The van der Waals surface area contributed by atoms with Gasteiger partial charge in [-0.25, -0.2) is 0 Å². The second-order valence-electron chi connectivity index (χ2n) is 4.39. The van der Waals surface area contributed by atoms with Crippen LogP contribution in [-0.2, 0) is 11.2 Å². The highest BCUT2D eigenvalue weighted by atomic mass is 35.5. The highest BCUT2D eigenvalue weighted by Gasteiger charge is 2.35. The lowest BCUT2D eigenvalue weighted by Crippen LogP contribution is -2.45. The summed E-state index contributed by atoms with van der Waals surface area (Å²) in [5.41, 5.74) is 0.423. The Morgan fingerprint density at radius 3 is 2.56 bits per heavy atom. The molecule has 0 amide bonds. The maximum Gasteiger partial charge on any atom is 0.0938 e. The zero-order chi connectivity index (χ0) is 13.6. The van der Waals surface area contributed by atoms with Crippen molar-refractivity contribution >= 4 is 11.6 Å². The molecule has 0 aliphatic rings. The molecule has 1 N–H and O–H groups in total. The highest BCUT2D eigenvalue weighted by molar-refractivity contribution is 6.31. The fourth-order valence-electron chi connectivity index (χ4n) is 2.27. The van der Waals surface area contributed by atoms with Gasteiger partial charge in [-0.3, -0.25) is 4.98 Å². The maximum absolute atomic E-state index is 10.5. The number of hydrogen-bond donors (Lipinski definition) is 1. The summed E-state index contributed by atoms with van der Waals surface area (Å²) in [6, 6.07) is 1.84. The van der Waals surface area contributed by atoms with E-state index in [1.807, 2.05) is 26.8 Å². The second kappa shape index (κ2) is 7.07. The zero-order valence-electron chi connectivity index (χ0n) is 11.3. The van der Waals surface area contributed by atoms with Gasteiger partial charge < -0.3 is 9.84 Å². The third-order valence-corrected chi connectivity index (χ3v) is 3.85. The molecule has 1 heterocycles. The molecule has 4 heteroatoms. The van der Waals surface area contributed by atoms with Gasteiger partial charge in [-0.15, -0.1) is 0 Å². The number of aliphatic hydroxyl groups excluding tert-OH is 1. The molecule has 0 saturated heterocycles. The van der Waals surface area contributed by atoms with Crippen LogP contribution in [0.15, 0.2) is 18.5 Å². The van der Waals surface area contributed by atoms with Crippen molar-refractivity contribution in [1.29, 1.82) is 0 Å². The number of rotatable bonds is 7. The molecule has 102 valence electrons. The number of ether oxygens (including phenoxy) is 1. The monoisotopic (exact) mass is 271 g/mol. The number of hydrogen-bond acceptors (Lipinski definition) is 3. The van der Waals surface area contributed by atoms with E-state index < -0.39 is 11.7 Å². The number of nitrogens with zero attached hydrogens (tertiary/aromatic N) is 1. The van der Waals surface area contributed by atoms with Crippen LogP contribution in [0, 0.1) is 0 Å². The molecule has 1 aromatic rings. The lowest BCUT2D eigenvalue weighted by Gasteiger charge is -2.36. The van der Waals surface area contributed by atoms with E-state index in [4.69, 9.17) is 16.3 Å². The van der Waals surface area contributed by atoms with Crippen LogP contribution in [0.2, 0.25) is 5.02 Å². The van der Waals surface area contributed by atoms with Gasteiger partial charge >= 0.3 is 0 Å². The Kier molecular flexibility index (Phi) is 6.06. The largest absolute Gasteiger partial charge is 0.390 e. The fourth-order valence-corrected chi connectivity index (χ4v) is 2.47. The predicted octanol–water partition coefficient (Wildman–Crippen LogP) is 3.23. The molecule has 1 atom stereocenters. The van der Waals surface area contributed by atoms with Crippen molar-refractivity contribution in [2.24, 2.45) is 0 Å². The van der Waals surface area contributed by atoms with E-state index in [-0.39, 0.29) is 0 Å². The Bertz CT molecular complexity index is 367. The van der Waals surface area contributed by atoms with Crippen LogP contribution in [-0.4, -0.2) is 28.4 Å². The fraction of sp³-hybridized carbons (Fsp3) is 0.643. The lowest BCUT2D eigenvalue weighted by atomic mass is 9.86. The van der Waals surface area contributed by atoms with Gasteiger partial charge in [0, 0.05) is 25.4 Å². The summed E-state index contributed by atoms with van der Waals surface area (Å²) in [5.74, 6) is 0. The van der Waals surface area contributed by atoms with E-state index in [0.717, 1.165) is 18.4 Å². The molecule has 0 radical (unpaired) electrons. The molecular weight excluding hydrogens is 250 g/mol. The topological polar surface area (TPSA) is 42.4 Å². The summed E-state index contributed by atoms with van der Waals surface area (Å²) in [5, 5.41) is 11.1. The van der Waals surface area contributed by atoms with Gasteiger partial charge in [-0.05, 0) is 31.4 Å². The molecule has 0 aliphatic carbocycles. The Hall–Kier alpha value is -0.640. The third kappa shape index (κ3) is 3.44. The first-order valence-electron chi connectivity index (χ1n) is 6.50. The number of aromatic nitrogens is 1. The molecule has 1 unspecified atom stereocenters. The van der Waals surface area contributed by atoms with Gasteiger partial charge in [0.15, 0.2) is 0 Å². The predicted molar refractivity (Wildman–Crippen MR) is 73.9 cm³/mol. The van der Waals surface area contributed by atoms with E-state index in [0.29, 0.717) is 18.1 Å². The van der Waals surface area contributed by atoms with Crippen LogP contribution in [0.5, 0.6) is 0 Å². The number of pyridine rings is 1. The summed E-state index contributed by atoms with van der Waals surface area (Å²) < 4.78 is 5.79. The minimum Gasteiger partial charge on any atom is -0.390 e. The summed E-state index contributed by atoms with van der Waals surface area (Å²) in [7, 11) is 0. The van der Waals surface area contributed by atoms with E-state index >= 15 is 0 Å². The number of halogens is 1. The van der Waals surface area contributed by atoms with Crippen LogP contribution in [0.4, 0.5) is 0 Å². The standard InChI is InChI=1S/C14H22ClNO2/c1-4-14(5-2,18-6-3)13(17)9-11-7-8-16-10-12(11)15/h7-8,10,13,17H,4-6,9H2,1-3H3. The van der Waals surface area contributed by atoms with Crippen LogP contribution in [0.1, 0.15) is 39.2 Å². The van der Waals surface area contributed by atoms with Gasteiger partial charge in [0.25, 0.3) is 0 Å². The van der Waals surface area contributed by atoms with Crippen LogP contribution in [0.3, 0.4) is 0 Å². The Balaban J connectivity index is 2.85. The van der Waals surface area contributed by atoms with Crippen molar-refractivity contribution in [1.82, 2.24) is 4.98 Å². The van der Waals surface area contributed by atoms with Crippen molar-refractivity contribution in [2.75, 3.05) is 6.61 Å². The zero-order valence-corrected chi connectivity index (χ0v) is 12.1. The molecule has 0 fully saturated rings. The van der Waals surface area contributed by atoms with Crippen LogP contribution in [0.25, 0.3) is 0 Å². The molecule has 18 heavy (non-hydrogen) atoms. The highest BCUT2D eigenvalue weighted by Crippen LogP contribution is 2.28. The number of aliphatic hydroxyl groups is 1.